The van der Waals surface area contributed by atoms with Gasteiger partial charge in [0.05, 0.1) is 6.10 Å². The van der Waals surface area contributed by atoms with Crippen molar-refractivity contribution in [3.05, 3.63) is 23.8 Å². The van der Waals surface area contributed by atoms with Gasteiger partial charge in [-0.25, -0.2) is 0 Å². The van der Waals surface area contributed by atoms with Crippen molar-refractivity contribution in [3.63, 3.8) is 0 Å². The van der Waals surface area contributed by atoms with Crippen molar-refractivity contribution < 1.29 is 4.74 Å². The second kappa shape index (κ2) is 6.83. The molecule has 1 aliphatic carbocycles. The molecule has 0 aromatic heterocycles. The van der Waals surface area contributed by atoms with E-state index < -0.39 is 0 Å². The van der Waals surface area contributed by atoms with Crippen molar-refractivity contribution in [2.24, 2.45) is 10.8 Å². The Balaban J connectivity index is 1.82. The Morgan fingerprint density at radius 3 is 2.20 bits per heavy atom. The van der Waals surface area contributed by atoms with Gasteiger partial charge in [0.2, 0.25) is 0 Å². The zero-order valence-corrected chi connectivity index (χ0v) is 16.8. The zero-order valence-electron chi connectivity index (χ0n) is 16.8. The molecule has 1 aliphatic heterocycles. The monoisotopic (exact) mass is 344 g/mol. The van der Waals surface area contributed by atoms with Crippen LogP contribution < -0.4 is 10.6 Å². The van der Waals surface area contributed by atoms with Crippen LogP contribution in [0.2, 0.25) is 0 Å². The number of methoxy groups -OCH3 is 1. The minimum atomic E-state index is 0.381. The van der Waals surface area contributed by atoms with Crippen LogP contribution in [-0.4, -0.2) is 26.3 Å². The first-order chi connectivity index (χ1) is 11.7. The lowest BCUT2D eigenvalue weighted by Gasteiger charge is -2.45. The Kier molecular flexibility index (Phi) is 5.07. The van der Waals surface area contributed by atoms with Crippen molar-refractivity contribution in [1.29, 1.82) is 0 Å². The molecule has 0 unspecified atom stereocenters. The molecule has 0 amide bonds. The molecule has 1 aromatic rings. The number of hydrogen-bond acceptors (Lipinski definition) is 3. The minimum Gasteiger partial charge on any atom is -0.398 e. The first-order valence-electron chi connectivity index (χ1n) is 9.86. The first-order valence-corrected chi connectivity index (χ1v) is 9.86. The summed E-state index contributed by atoms with van der Waals surface area (Å²) in [5.41, 5.74) is 10.9. The maximum Gasteiger partial charge on any atom is 0.0605 e. The number of piperidine rings is 1. The molecule has 25 heavy (non-hydrogen) atoms. The van der Waals surface area contributed by atoms with E-state index in [1.807, 2.05) is 7.11 Å². The highest BCUT2D eigenvalue weighted by Crippen LogP contribution is 2.52. The molecule has 2 fully saturated rings. The van der Waals surface area contributed by atoms with Crippen LogP contribution in [0.4, 0.5) is 11.4 Å². The lowest BCUT2D eigenvalue weighted by Crippen LogP contribution is -2.37. The molecule has 0 bridgehead atoms. The molecule has 0 atom stereocenters. The predicted octanol–water partition coefficient (Wildman–Crippen LogP) is 5.20. The number of rotatable bonds is 3. The van der Waals surface area contributed by atoms with Gasteiger partial charge in [0.25, 0.3) is 0 Å². The van der Waals surface area contributed by atoms with E-state index in [-0.39, 0.29) is 0 Å². The summed E-state index contributed by atoms with van der Waals surface area (Å²) in [4.78, 5) is 2.50. The maximum atomic E-state index is 6.43. The Bertz CT molecular complexity index is 584. The number of hydrogen-bond donors (Lipinski definition) is 1. The van der Waals surface area contributed by atoms with Gasteiger partial charge in [0.15, 0.2) is 0 Å². The largest absolute Gasteiger partial charge is 0.398 e. The Morgan fingerprint density at radius 1 is 1.04 bits per heavy atom. The normalized spacial score (nSPS) is 24.4. The van der Waals surface area contributed by atoms with Crippen LogP contribution in [0.1, 0.15) is 71.3 Å². The number of benzene rings is 1. The average molecular weight is 345 g/mol. The maximum absolute atomic E-state index is 6.43. The molecule has 2 N–H and O–H groups in total. The Labute approximate surface area is 153 Å². The molecule has 140 valence electrons. The van der Waals surface area contributed by atoms with Crippen molar-refractivity contribution in [3.8, 4) is 0 Å². The van der Waals surface area contributed by atoms with Gasteiger partial charge in [-0.05, 0) is 72.6 Å². The topological polar surface area (TPSA) is 38.5 Å². The molecule has 1 saturated carbocycles. The summed E-state index contributed by atoms with van der Waals surface area (Å²) >= 11 is 0. The van der Waals surface area contributed by atoms with E-state index in [4.69, 9.17) is 10.5 Å². The highest BCUT2D eigenvalue weighted by Gasteiger charge is 2.39. The van der Waals surface area contributed by atoms with Crippen LogP contribution in [0, 0.1) is 10.8 Å². The quantitative estimate of drug-likeness (QED) is 0.766. The van der Waals surface area contributed by atoms with Gasteiger partial charge in [-0.1, -0.05) is 27.7 Å². The molecule has 3 rings (SSSR count). The highest BCUT2D eigenvalue weighted by atomic mass is 16.5. The molecule has 0 spiro atoms. The van der Waals surface area contributed by atoms with Crippen LogP contribution >= 0.6 is 0 Å². The molecule has 2 aliphatic rings. The molecule has 3 nitrogen and oxygen atoms in total. The van der Waals surface area contributed by atoms with Crippen molar-refractivity contribution in [2.45, 2.75) is 71.8 Å². The second-order valence-corrected chi connectivity index (χ2v) is 9.85. The summed E-state index contributed by atoms with van der Waals surface area (Å²) in [5.74, 6) is 0.565. The summed E-state index contributed by atoms with van der Waals surface area (Å²) in [6, 6.07) is 6.71. The van der Waals surface area contributed by atoms with E-state index in [1.54, 1.807) is 0 Å². The summed E-state index contributed by atoms with van der Waals surface area (Å²) < 4.78 is 5.51. The van der Waals surface area contributed by atoms with Crippen molar-refractivity contribution in [2.75, 3.05) is 30.8 Å². The average Bonchev–Trinajstić information content (AvgIpc) is 2.52. The van der Waals surface area contributed by atoms with E-state index >= 15 is 0 Å². The van der Waals surface area contributed by atoms with Gasteiger partial charge in [-0.15, -0.1) is 0 Å². The van der Waals surface area contributed by atoms with Gasteiger partial charge >= 0.3 is 0 Å². The first kappa shape index (κ1) is 18.6. The van der Waals surface area contributed by atoms with Crippen molar-refractivity contribution in [1.82, 2.24) is 0 Å². The van der Waals surface area contributed by atoms with Gasteiger partial charge in [-0.3, -0.25) is 0 Å². The molecule has 1 aromatic carbocycles. The molecule has 1 saturated heterocycles. The second-order valence-electron chi connectivity index (χ2n) is 9.85. The number of ether oxygens (including phenoxy) is 1. The molecule has 3 heteroatoms. The van der Waals surface area contributed by atoms with Gasteiger partial charge < -0.3 is 15.4 Å². The lowest BCUT2D eigenvalue weighted by molar-refractivity contribution is 0.0819. The lowest BCUT2D eigenvalue weighted by atomic mass is 9.60. The third-order valence-corrected chi connectivity index (χ3v) is 6.21. The van der Waals surface area contributed by atoms with E-state index in [0.717, 1.165) is 31.6 Å². The number of nitrogen functional groups attached to an aromatic ring is 1. The predicted molar refractivity (Wildman–Crippen MR) is 107 cm³/mol. The fourth-order valence-electron chi connectivity index (χ4n) is 5.53. The smallest absolute Gasteiger partial charge is 0.0605 e. The number of nitrogens with zero attached hydrogens (tertiary/aromatic N) is 1. The molecule has 1 heterocycles. The minimum absolute atomic E-state index is 0.381. The van der Waals surface area contributed by atoms with Crippen LogP contribution in [0.25, 0.3) is 0 Å². The van der Waals surface area contributed by atoms with Gasteiger partial charge in [0, 0.05) is 31.6 Å². The highest BCUT2D eigenvalue weighted by molar-refractivity contribution is 5.60. The van der Waals surface area contributed by atoms with E-state index in [0.29, 0.717) is 22.9 Å². The van der Waals surface area contributed by atoms with E-state index in [2.05, 4.69) is 50.8 Å². The summed E-state index contributed by atoms with van der Waals surface area (Å²) in [6.45, 7) is 11.8. The van der Waals surface area contributed by atoms with Gasteiger partial charge in [-0.2, -0.15) is 0 Å². The summed E-state index contributed by atoms with van der Waals surface area (Å²) in [6.07, 6.45) is 6.40. The van der Waals surface area contributed by atoms with E-state index in [9.17, 15) is 0 Å². The fourth-order valence-corrected chi connectivity index (χ4v) is 5.53. The van der Waals surface area contributed by atoms with Crippen molar-refractivity contribution >= 4 is 11.4 Å². The number of nitrogens with two attached hydrogens (primary N) is 1. The van der Waals surface area contributed by atoms with Crippen LogP contribution in [0.5, 0.6) is 0 Å². The summed E-state index contributed by atoms with van der Waals surface area (Å²) in [7, 11) is 1.83. The van der Waals surface area contributed by atoms with Crippen LogP contribution in [-0.2, 0) is 4.74 Å². The fraction of sp³-hybridized carbons (Fsp3) is 0.727. The standard InChI is InChI=1S/C22H36N2O/c1-21(2)13-16(14-22(3,4)15-21)19-12-17(6-7-20(19)23)24-10-8-18(25-5)9-11-24/h6-7,12,16,18H,8-11,13-15,23H2,1-5H3. The van der Waals surface area contributed by atoms with Crippen LogP contribution in [0.3, 0.4) is 0 Å². The Hall–Kier alpha value is -1.22. The van der Waals surface area contributed by atoms with Crippen LogP contribution in [0.15, 0.2) is 18.2 Å². The summed E-state index contributed by atoms with van der Waals surface area (Å²) in [5, 5.41) is 0. The third-order valence-electron chi connectivity index (χ3n) is 6.21. The molecule has 0 radical (unpaired) electrons. The molecular weight excluding hydrogens is 308 g/mol. The Morgan fingerprint density at radius 2 is 1.64 bits per heavy atom. The van der Waals surface area contributed by atoms with E-state index in [1.165, 1.54) is 30.5 Å². The molecular formula is C22H36N2O. The SMILES string of the molecule is COC1CCN(c2ccc(N)c(C3CC(C)(C)CC(C)(C)C3)c2)CC1. The van der Waals surface area contributed by atoms with Gasteiger partial charge in [0.1, 0.15) is 0 Å². The zero-order chi connectivity index (χ0) is 18.2. The number of anilines is 2. The third kappa shape index (κ3) is 4.31.